The molecule has 1 aliphatic carbocycles. The van der Waals surface area contributed by atoms with Gasteiger partial charge in [0.2, 0.25) is 0 Å². The Hall–Kier alpha value is -2.19. The number of hydrogen-bond donors (Lipinski definition) is 1. The Labute approximate surface area is 160 Å². The summed E-state index contributed by atoms with van der Waals surface area (Å²) in [4.78, 5) is 13.8. The second-order valence-electron chi connectivity index (χ2n) is 6.85. The lowest BCUT2D eigenvalue weighted by atomic mass is 10.2. The maximum absolute atomic E-state index is 4.42. The van der Waals surface area contributed by atoms with E-state index >= 15 is 0 Å². The highest BCUT2D eigenvalue weighted by molar-refractivity contribution is 9.10. The van der Waals surface area contributed by atoms with Crippen molar-refractivity contribution >= 4 is 38.8 Å². The van der Waals surface area contributed by atoms with Crippen LogP contribution in [-0.2, 0) is 0 Å². The second-order valence-corrected chi connectivity index (χ2v) is 7.66. The van der Waals surface area contributed by atoms with E-state index in [1.54, 1.807) is 10.7 Å². The third-order valence-electron chi connectivity index (χ3n) is 5.13. The molecule has 0 unspecified atom stereocenters. The number of fused-ring (bicyclic) bond motifs is 1. The van der Waals surface area contributed by atoms with Crippen molar-refractivity contribution < 1.29 is 0 Å². The van der Waals surface area contributed by atoms with Gasteiger partial charge in [-0.15, -0.1) is 0 Å². The van der Waals surface area contributed by atoms with E-state index in [4.69, 9.17) is 0 Å². The van der Waals surface area contributed by atoms with E-state index in [9.17, 15) is 0 Å². The van der Waals surface area contributed by atoms with E-state index in [2.05, 4.69) is 70.4 Å². The minimum Gasteiger partial charge on any atom is -0.369 e. The zero-order chi connectivity index (χ0) is 17.5. The maximum atomic E-state index is 4.42. The lowest BCUT2D eigenvalue weighted by Gasteiger charge is -2.36. The van der Waals surface area contributed by atoms with Gasteiger partial charge in [0.25, 0.3) is 0 Å². The smallest absolute Gasteiger partial charge is 0.199 e. The minimum atomic E-state index is 0.691. The van der Waals surface area contributed by atoms with Gasteiger partial charge < -0.3 is 10.2 Å². The largest absolute Gasteiger partial charge is 0.369 e. The summed E-state index contributed by atoms with van der Waals surface area (Å²) >= 11 is 3.43. The number of nitrogens with one attached hydrogen (secondary N) is 1. The predicted molar refractivity (Wildman–Crippen MR) is 105 cm³/mol. The van der Waals surface area contributed by atoms with E-state index < -0.39 is 0 Å². The predicted octanol–water partition coefficient (Wildman–Crippen LogP) is 2.91. The van der Waals surface area contributed by atoms with Crippen LogP contribution in [0.5, 0.6) is 0 Å². The molecule has 0 amide bonds. The van der Waals surface area contributed by atoms with Gasteiger partial charge in [-0.25, -0.2) is 14.5 Å². The number of anilines is 3. The van der Waals surface area contributed by atoms with Crippen LogP contribution < -0.4 is 10.2 Å². The average Bonchev–Trinajstić information content (AvgIpc) is 3.41. The molecule has 2 fully saturated rings. The number of aromatic nitrogens is 4. The minimum absolute atomic E-state index is 0.691. The highest BCUT2D eigenvalue weighted by atomic mass is 79.9. The van der Waals surface area contributed by atoms with Crippen molar-refractivity contribution in [2.45, 2.75) is 18.9 Å². The fourth-order valence-electron chi connectivity index (χ4n) is 3.55. The first kappa shape index (κ1) is 16.0. The first-order valence-electron chi connectivity index (χ1n) is 8.98. The highest BCUT2D eigenvalue weighted by Gasteiger charge is 2.31. The summed E-state index contributed by atoms with van der Waals surface area (Å²) < 4.78 is 2.49. The van der Waals surface area contributed by atoms with Gasteiger partial charge >= 0.3 is 0 Å². The van der Waals surface area contributed by atoms with Crippen LogP contribution in [0.3, 0.4) is 0 Å². The topological polar surface area (TPSA) is 61.6 Å². The van der Waals surface area contributed by atoms with Crippen LogP contribution in [0.15, 0.2) is 41.4 Å². The zero-order valence-corrected chi connectivity index (χ0v) is 15.9. The fourth-order valence-corrected chi connectivity index (χ4v) is 3.92. The van der Waals surface area contributed by atoms with Crippen molar-refractivity contribution in [1.29, 1.82) is 0 Å². The molecule has 1 saturated heterocycles. The summed E-state index contributed by atoms with van der Waals surface area (Å²) in [5.74, 6) is 0.691. The first-order valence-corrected chi connectivity index (χ1v) is 9.77. The molecule has 0 atom stereocenters. The Bertz CT molecular complexity index is 911. The van der Waals surface area contributed by atoms with Crippen molar-refractivity contribution in [3.63, 3.8) is 0 Å². The van der Waals surface area contributed by atoms with Gasteiger partial charge in [-0.1, -0.05) is 0 Å². The fraction of sp³-hybridized carbons (Fsp3) is 0.389. The molecule has 0 radical (unpaired) electrons. The van der Waals surface area contributed by atoms with Crippen LogP contribution in [0.2, 0.25) is 0 Å². The molecule has 8 heteroatoms. The summed E-state index contributed by atoms with van der Waals surface area (Å²) in [7, 11) is 0. The lowest BCUT2D eigenvalue weighted by molar-refractivity contribution is 0.248. The molecule has 0 bridgehead atoms. The van der Waals surface area contributed by atoms with E-state index in [0.29, 0.717) is 11.5 Å². The van der Waals surface area contributed by atoms with E-state index in [1.165, 1.54) is 37.9 Å². The van der Waals surface area contributed by atoms with E-state index in [0.717, 1.165) is 29.4 Å². The van der Waals surface area contributed by atoms with Crippen molar-refractivity contribution in [2.24, 2.45) is 0 Å². The number of halogens is 1. The summed E-state index contributed by atoms with van der Waals surface area (Å²) in [5, 5.41) is 7.53. The summed E-state index contributed by atoms with van der Waals surface area (Å²) in [5.41, 5.74) is 2.96. The van der Waals surface area contributed by atoms with Crippen molar-refractivity contribution in [1.82, 2.24) is 24.5 Å². The summed E-state index contributed by atoms with van der Waals surface area (Å²) in [6, 6.07) is 9.42. The number of rotatable bonds is 4. The molecule has 26 heavy (non-hydrogen) atoms. The summed E-state index contributed by atoms with van der Waals surface area (Å²) in [6.45, 7) is 4.58. The quantitative estimate of drug-likeness (QED) is 0.709. The zero-order valence-electron chi connectivity index (χ0n) is 14.3. The van der Waals surface area contributed by atoms with Crippen LogP contribution >= 0.6 is 15.9 Å². The molecule has 1 saturated carbocycles. The third kappa shape index (κ3) is 3.03. The molecule has 3 aromatic rings. The second kappa shape index (κ2) is 6.51. The Morgan fingerprint density at radius 2 is 1.77 bits per heavy atom. The standard InChI is InChI=1S/C18H20BrN7/c19-16-11-20-17(18-21-12-22-26(16)18)23-13-1-3-14(4-2-13)24-7-9-25(10-8-24)15-5-6-15/h1-4,11-12,15H,5-10H2,(H,20,23). The highest BCUT2D eigenvalue weighted by Crippen LogP contribution is 2.29. The normalized spacial score (nSPS) is 18.4. The SMILES string of the molecule is Brc1cnc(Nc2ccc(N3CCN(C4CC4)CC3)cc2)c2ncnn12. The van der Waals surface area contributed by atoms with Crippen LogP contribution in [0, 0.1) is 0 Å². The third-order valence-corrected chi connectivity index (χ3v) is 5.68. The van der Waals surface area contributed by atoms with Crippen molar-refractivity contribution in [3.05, 3.63) is 41.4 Å². The molecule has 1 aromatic carbocycles. The molecule has 1 N–H and O–H groups in total. The van der Waals surface area contributed by atoms with Crippen molar-refractivity contribution in [3.8, 4) is 0 Å². The molecule has 3 heterocycles. The molecular weight excluding hydrogens is 394 g/mol. The van der Waals surface area contributed by atoms with Crippen molar-refractivity contribution in [2.75, 3.05) is 36.4 Å². The molecule has 0 spiro atoms. The van der Waals surface area contributed by atoms with Crippen LogP contribution in [-0.4, -0.2) is 56.7 Å². The molecule has 2 aromatic heterocycles. The number of piperazine rings is 1. The Kier molecular flexibility index (Phi) is 4.01. The number of benzene rings is 1. The lowest BCUT2D eigenvalue weighted by Crippen LogP contribution is -2.47. The van der Waals surface area contributed by atoms with E-state index in [-0.39, 0.29) is 0 Å². The van der Waals surface area contributed by atoms with Gasteiger partial charge in [-0.2, -0.15) is 5.10 Å². The van der Waals surface area contributed by atoms with Gasteiger partial charge in [-0.05, 0) is 53.0 Å². The monoisotopic (exact) mass is 413 g/mol. The number of hydrogen-bond acceptors (Lipinski definition) is 6. The van der Waals surface area contributed by atoms with E-state index in [1.807, 2.05) is 0 Å². The maximum Gasteiger partial charge on any atom is 0.199 e. The summed E-state index contributed by atoms with van der Waals surface area (Å²) in [6.07, 6.45) is 6.03. The van der Waals surface area contributed by atoms with Gasteiger partial charge in [0.1, 0.15) is 10.9 Å². The van der Waals surface area contributed by atoms with Gasteiger partial charge in [0.05, 0.1) is 6.20 Å². The first-order chi connectivity index (χ1) is 12.8. The Balaban J connectivity index is 1.29. The molecule has 2 aliphatic rings. The van der Waals surface area contributed by atoms with Gasteiger partial charge in [-0.3, -0.25) is 4.90 Å². The molecule has 134 valence electrons. The molecular formula is C18H20BrN7. The number of nitrogens with zero attached hydrogens (tertiary/aromatic N) is 6. The Morgan fingerprint density at radius 1 is 1.00 bits per heavy atom. The van der Waals surface area contributed by atoms with Crippen LogP contribution in [0.1, 0.15) is 12.8 Å². The van der Waals surface area contributed by atoms with Crippen LogP contribution in [0.4, 0.5) is 17.2 Å². The average molecular weight is 414 g/mol. The molecule has 1 aliphatic heterocycles. The Morgan fingerprint density at radius 3 is 2.50 bits per heavy atom. The molecule has 5 rings (SSSR count). The molecule has 7 nitrogen and oxygen atoms in total. The van der Waals surface area contributed by atoms with Gasteiger partial charge in [0.15, 0.2) is 11.5 Å². The van der Waals surface area contributed by atoms with Gasteiger partial charge in [0, 0.05) is 43.6 Å². The van der Waals surface area contributed by atoms with Crippen LogP contribution in [0.25, 0.3) is 5.65 Å².